The quantitative estimate of drug-likeness (QED) is 0.882. The van der Waals surface area contributed by atoms with Crippen LogP contribution in [0.15, 0.2) is 18.2 Å². The van der Waals surface area contributed by atoms with E-state index in [4.69, 9.17) is 9.47 Å². The van der Waals surface area contributed by atoms with Crippen molar-refractivity contribution in [2.75, 3.05) is 6.79 Å². The molecule has 19 heavy (non-hydrogen) atoms. The maximum atomic E-state index is 5.42. The summed E-state index contributed by atoms with van der Waals surface area (Å²) in [6, 6.07) is 7.63. The molecule has 0 spiro atoms. The number of benzene rings is 1. The van der Waals surface area contributed by atoms with Gasteiger partial charge >= 0.3 is 0 Å². The van der Waals surface area contributed by atoms with Gasteiger partial charge in [0.2, 0.25) is 6.79 Å². The molecule has 0 aromatic heterocycles. The molecule has 1 aromatic carbocycles. The Kier molecular flexibility index (Phi) is 3.92. The first-order valence-corrected chi connectivity index (χ1v) is 7.46. The van der Waals surface area contributed by atoms with Crippen molar-refractivity contribution in [3.63, 3.8) is 0 Å². The lowest BCUT2D eigenvalue weighted by Crippen LogP contribution is -2.34. The van der Waals surface area contributed by atoms with Gasteiger partial charge in [0.1, 0.15) is 0 Å². The molecule has 1 N–H and O–H groups in total. The summed E-state index contributed by atoms with van der Waals surface area (Å²) < 4.78 is 10.7. The molecule has 3 nitrogen and oxygen atoms in total. The number of rotatable bonds is 5. The van der Waals surface area contributed by atoms with Gasteiger partial charge < -0.3 is 14.8 Å². The summed E-state index contributed by atoms with van der Waals surface area (Å²) in [5.74, 6) is 1.77. The molecule has 0 radical (unpaired) electrons. The van der Waals surface area contributed by atoms with E-state index >= 15 is 0 Å². The molecule has 104 valence electrons. The molecule has 1 atom stereocenters. The van der Waals surface area contributed by atoms with Gasteiger partial charge in [-0.1, -0.05) is 18.9 Å². The van der Waals surface area contributed by atoms with Crippen molar-refractivity contribution >= 4 is 0 Å². The van der Waals surface area contributed by atoms with Gasteiger partial charge in [-0.2, -0.15) is 0 Å². The van der Waals surface area contributed by atoms with Gasteiger partial charge in [-0.25, -0.2) is 0 Å². The maximum absolute atomic E-state index is 5.42. The average Bonchev–Trinajstić information content (AvgIpc) is 3.06. The number of hydrogen-bond acceptors (Lipinski definition) is 3. The third-order valence-corrected chi connectivity index (χ3v) is 4.18. The zero-order chi connectivity index (χ0) is 13.1. The third-order valence-electron chi connectivity index (χ3n) is 4.18. The van der Waals surface area contributed by atoms with Crippen LogP contribution >= 0.6 is 0 Å². The normalized spacial score (nSPS) is 19.8. The summed E-state index contributed by atoms with van der Waals surface area (Å²) in [5, 5.41) is 3.75. The predicted octanol–water partition coefficient (Wildman–Crippen LogP) is 3.27. The van der Waals surface area contributed by atoms with Crippen molar-refractivity contribution in [1.29, 1.82) is 0 Å². The van der Waals surface area contributed by atoms with Crippen LogP contribution in [0.1, 0.15) is 44.6 Å². The Balaban J connectivity index is 1.48. The van der Waals surface area contributed by atoms with Gasteiger partial charge in [0, 0.05) is 12.1 Å². The van der Waals surface area contributed by atoms with Gasteiger partial charge in [-0.15, -0.1) is 0 Å². The summed E-state index contributed by atoms with van der Waals surface area (Å²) in [6.07, 6.45) is 7.77. The zero-order valence-corrected chi connectivity index (χ0v) is 11.7. The van der Waals surface area contributed by atoms with Crippen molar-refractivity contribution in [1.82, 2.24) is 5.32 Å². The van der Waals surface area contributed by atoms with Crippen molar-refractivity contribution < 1.29 is 9.47 Å². The Hall–Kier alpha value is -1.22. The van der Waals surface area contributed by atoms with Gasteiger partial charge in [0.05, 0.1) is 0 Å². The van der Waals surface area contributed by atoms with E-state index in [-0.39, 0.29) is 0 Å². The molecule has 1 aliphatic heterocycles. The minimum absolute atomic E-state index is 0.360. The fourth-order valence-electron chi connectivity index (χ4n) is 3.06. The van der Waals surface area contributed by atoms with Crippen LogP contribution in [-0.4, -0.2) is 18.9 Å². The first kappa shape index (κ1) is 12.8. The van der Waals surface area contributed by atoms with Crippen molar-refractivity contribution in [3.05, 3.63) is 23.8 Å². The van der Waals surface area contributed by atoms with Gasteiger partial charge in [-0.3, -0.25) is 0 Å². The minimum Gasteiger partial charge on any atom is -0.454 e. The molecule has 0 saturated heterocycles. The van der Waals surface area contributed by atoms with Gasteiger partial charge in [0.15, 0.2) is 11.5 Å². The third kappa shape index (κ3) is 3.21. The lowest BCUT2D eigenvalue weighted by molar-refractivity contribution is 0.174. The van der Waals surface area contributed by atoms with E-state index in [1.165, 1.54) is 37.7 Å². The first-order chi connectivity index (χ1) is 9.31. The second-order valence-electron chi connectivity index (χ2n) is 5.78. The Morgan fingerprint density at radius 2 is 2.00 bits per heavy atom. The Morgan fingerprint density at radius 1 is 1.21 bits per heavy atom. The standard InChI is InChI=1S/C16H23NO2/c1-12(17-14-4-2-3-5-14)6-7-13-8-9-15-16(10-13)19-11-18-15/h8-10,12,14,17H,2-7,11H2,1H3. The highest BCUT2D eigenvalue weighted by molar-refractivity contribution is 5.44. The van der Waals surface area contributed by atoms with Crippen LogP contribution in [0.25, 0.3) is 0 Å². The highest BCUT2D eigenvalue weighted by Crippen LogP contribution is 2.32. The predicted molar refractivity (Wildman–Crippen MR) is 75.7 cm³/mol. The molecular formula is C16H23NO2. The summed E-state index contributed by atoms with van der Waals surface area (Å²) in [6.45, 7) is 2.66. The highest BCUT2D eigenvalue weighted by Gasteiger charge is 2.17. The molecule has 1 unspecified atom stereocenters. The van der Waals surface area contributed by atoms with Crippen LogP contribution in [0, 0.1) is 0 Å². The number of ether oxygens (including phenoxy) is 2. The monoisotopic (exact) mass is 261 g/mol. The van der Waals surface area contributed by atoms with E-state index in [1.807, 2.05) is 6.07 Å². The molecule has 1 saturated carbocycles. The zero-order valence-electron chi connectivity index (χ0n) is 11.7. The van der Waals surface area contributed by atoms with Crippen LogP contribution in [-0.2, 0) is 6.42 Å². The second kappa shape index (κ2) is 5.83. The van der Waals surface area contributed by atoms with Crippen LogP contribution in [0.2, 0.25) is 0 Å². The Labute approximate surface area is 115 Å². The topological polar surface area (TPSA) is 30.5 Å². The van der Waals surface area contributed by atoms with E-state index in [2.05, 4.69) is 24.4 Å². The average molecular weight is 261 g/mol. The van der Waals surface area contributed by atoms with Crippen molar-refractivity contribution in [2.45, 2.75) is 57.5 Å². The van der Waals surface area contributed by atoms with Crippen molar-refractivity contribution in [3.8, 4) is 11.5 Å². The van der Waals surface area contributed by atoms with E-state index < -0.39 is 0 Å². The first-order valence-electron chi connectivity index (χ1n) is 7.46. The SMILES string of the molecule is CC(CCc1ccc2c(c1)OCO2)NC1CCCC1. The number of hydrogen-bond donors (Lipinski definition) is 1. The highest BCUT2D eigenvalue weighted by atomic mass is 16.7. The lowest BCUT2D eigenvalue weighted by atomic mass is 10.0. The molecular weight excluding hydrogens is 238 g/mol. The van der Waals surface area contributed by atoms with Crippen LogP contribution < -0.4 is 14.8 Å². The summed E-state index contributed by atoms with van der Waals surface area (Å²) in [7, 11) is 0. The smallest absolute Gasteiger partial charge is 0.231 e. The lowest BCUT2D eigenvalue weighted by Gasteiger charge is -2.19. The second-order valence-corrected chi connectivity index (χ2v) is 5.78. The van der Waals surface area contributed by atoms with E-state index in [1.54, 1.807) is 0 Å². The number of nitrogens with one attached hydrogen (secondary N) is 1. The molecule has 0 amide bonds. The van der Waals surface area contributed by atoms with E-state index in [0.29, 0.717) is 12.8 Å². The van der Waals surface area contributed by atoms with E-state index in [9.17, 15) is 0 Å². The maximum Gasteiger partial charge on any atom is 0.231 e. The number of aryl methyl sites for hydroxylation is 1. The molecule has 3 heteroatoms. The molecule has 1 aliphatic carbocycles. The molecule has 0 bridgehead atoms. The molecule has 1 aromatic rings. The Morgan fingerprint density at radius 3 is 2.84 bits per heavy atom. The molecule has 2 aliphatic rings. The molecule has 1 fully saturated rings. The van der Waals surface area contributed by atoms with E-state index in [0.717, 1.165) is 24.0 Å². The molecule has 1 heterocycles. The summed E-state index contributed by atoms with van der Waals surface area (Å²) in [4.78, 5) is 0. The fourth-order valence-corrected chi connectivity index (χ4v) is 3.06. The number of fused-ring (bicyclic) bond motifs is 1. The van der Waals surface area contributed by atoms with Crippen LogP contribution in [0.3, 0.4) is 0 Å². The van der Waals surface area contributed by atoms with Gasteiger partial charge in [0.25, 0.3) is 0 Å². The summed E-state index contributed by atoms with van der Waals surface area (Å²) in [5.41, 5.74) is 1.34. The van der Waals surface area contributed by atoms with Gasteiger partial charge in [-0.05, 0) is 50.3 Å². The molecule has 3 rings (SSSR count). The fraction of sp³-hybridized carbons (Fsp3) is 0.625. The minimum atomic E-state index is 0.360. The van der Waals surface area contributed by atoms with Crippen molar-refractivity contribution in [2.24, 2.45) is 0 Å². The van der Waals surface area contributed by atoms with Crippen LogP contribution in [0.5, 0.6) is 11.5 Å². The largest absolute Gasteiger partial charge is 0.454 e. The van der Waals surface area contributed by atoms with Crippen LogP contribution in [0.4, 0.5) is 0 Å². The Bertz CT molecular complexity index is 427. The summed E-state index contributed by atoms with van der Waals surface area (Å²) >= 11 is 0.